The lowest BCUT2D eigenvalue weighted by Gasteiger charge is -2.12. The van der Waals surface area contributed by atoms with Gasteiger partial charge in [-0.15, -0.1) is 0 Å². The highest BCUT2D eigenvalue weighted by atomic mass is 16.5. The minimum absolute atomic E-state index is 0.241. The molecule has 3 heterocycles. The van der Waals surface area contributed by atoms with Crippen LogP contribution in [0.5, 0.6) is 5.75 Å². The molecule has 1 aromatic carbocycles. The van der Waals surface area contributed by atoms with Crippen LogP contribution in [0.25, 0.3) is 27.7 Å². The molecule has 6 nitrogen and oxygen atoms in total. The first-order valence-corrected chi connectivity index (χ1v) is 8.48. The number of ether oxygens (including phenoxy) is 1. The molecule has 0 radical (unpaired) electrons. The second kappa shape index (κ2) is 5.58. The van der Waals surface area contributed by atoms with Gasteiger partial charge in [-0.2, -0.15) is 0 Å². The van der Waals surface area contributed by atoms with E-state index in [0.717, 1.165) is 40.0 Å². The van der Waals surface area contributed by atoms with E-state index in [1.165, 1.54) is 6.92 Å². The molecule has 0 unspecified atom stereocenters. The summed E-state index contributed by atoms with van der Waals surface area (Å²) in [6, 6.07) is 8.19. The quantitative estimate of drug-likeness (QED) is 0.530. The molecule has 0 saturated heterocycles. The summed E-state index contributed by atoms with van der Waals surface area (Å²) in [7, 11) is 0. The normalized spacial score (nSPS) is 13.0. The molecule has 0 amide bonds. The van der Waals surface area contributed by atoms with E-state index in [9.17, 15) is 4.79 Å². The molecule has 4 rings (SSSR count). The molecule has 0 aliphatic heterocycles. The summed E-state index contributed by atoms with van der Waals surface area (Å²) < 4.78 is 9.58. The highest BCUT2D eigenvalue weighted by molar-refractivity contribution is 6.00. The number of hydrogen-bond donors (Lipinski definition) is 0. The van der Waals surface area contributed by atoms with Gasteiger partial charge in [-0.05, 0) is 32.4 Å². The van der Waals surface area contributed by atoms with Crippen molar-refractivity contribution in [1.82, 2.24) is 18.9 Å². The van der Waals surface area contributed by atoms with Gasteiger partial charge >= 0.3 is 5.97 Å². The summed E-state index contributed by atoms with van der Waals surface area (Å²) >= 11 is 0. The van der Waals surface area contributed by atoms with Gasteiger partial charge in [0, 0.05) is 19.2 Å². The molecule has 0 aliphatic rings. The third-order valence-electron chi connectivity index (χ3n) is 4.67. The van der Waals surface area contributed by atoms with Crippen molar-refractivity contribution in [2.75, 3.05) is 0 Å². The van der Waals surface area contributed by atoms with Crippen molar-refractivity contribution in [2.24, 2.45) is 0 Å². The highest BCUT2D eigenvalue weighted by Crippen LogP contribution is 2.35. The molecular formula is C19H20N4O2. The summed E-state index contributed by atoms with van der Waals surface area (Å²) in [5.41, 5.74) is 3.45. The van der Waals surface area contributed by atoms with E-state index in [2.05, 4.69) is 18.4 Å². The molecule has 6 heteroatoms. The lowest BCUT2D eigenvalue weighted by atomic mass is 10.2. The Morgan fingerprint density at radius 2 is 2.00 bits per heavy atom. The average molecular weight is 336 g/mol. The van der Waals surface area contributed by atoms with Crippen molar-refractivity contribution in [3.05, 3.63) is 36.3 Å². The monoisotopic (exact) mass is 336 g/mol. The van der Waals surface area contributed by atoms with Crippen LogP contribution >= 0.6 is 0 Å². The first-order valence-electron chi connectivity index (χ1n) is 8.48. The van der Waals surface area contributed by atoms with Crippen LogP contribution in [0.3, 0.4) is 0 Å². The maximum atomic E-state index is 11.6. The fourth-order valence-corrected chi connectivity index (χ4v) is 3.30. The van der Waals surface area contributed by atoms with Crippen molar-refractivity contribution in [1.29, 1.82) is 0 Å². The summed E-state index contributed by atoms with van der Waals surface area (Å²) in [6.07, 6.45) is 2.82. The van der Waals surface area contributed by atoms with Crippen molar-refractivity contribution in [2.45, 2.75) is 40.2 Å². The van der Waals surface area contributed by atoms with Crippen LogP contribution in [-0.4, -0.2) is 24.9 Å². The molecule has 4 aromatic rings. The number of benzene rings is 1. The van der Waals surface area contributed by atoms with E-state index in [1.807, 2.05) is 41.8 Å². The number of aromatic nitrogens is 4. The first kappa shape index (κ1) is 15.6. The Bertz CT molecular complexity index is 1120. The first-order chi connectivity index (χ1) is 12.0. The molecule has 1 atom stereocenters. The number of carbonyl (C=O) groups excluding carboxylic acids is 1. The maximum absolute atomic E-state index is 11.6. The predicted molar refractivity (Wildman–Crippen MR) is 97.0 cm³/mol. The SMILES string of the molecule is CC[C@@H](C)n1cc(OC(C)=O)c2c1nc(C)n1c3ccccc3nc21. The molecule has 0 saturated carbocycles. The van der Waals surface area contributed by atoms with Crippen molar-refractivity contribution < 1.29 is 9.53 Å². The zero-order chi connectivity index (χ0) is 17.7. The number of carbonyl (C=O) groups is 1. The Morgan fingerprint density at radius 3 is 2.72 bits per heavy atom. The average Bonchev–Trinajstić information content (AvgIpc) is 3.12. The Morgan fingerprint density at radius 1 is 1.24 bits per heavy atom. The molecule has 0 fully saturated rings. The Hall–Kier alpha value is -2.89. The third-order valence-corrected chi connectivity index (χ3v) is 4.67. The van der Waals surface area contributed by atoms with Gasteiger partial charge in [0.25, 0.3) is 0 Å². The number of hydrogen-bond acceptors (Lipinski definition) is 4. The van der Waals surface area contributed by atoms with Gasteiger partial charge in [-0.3, -0.25) is 9.20 Å². The smallest absolute Gasteiger partial charge is 0.308 e. The van der Waals surface area contributed by atoms with Crippen molar-refractivity contribution >= 4 is 33.7 Å². The number of nitrogens with zero attached hydrogens (tertiary/aromatic N) is 4. The fraction of sp³-hybridized carbons (Fsp3) is 0.316. The van der Waals surface area contributed by atoms with E-state index in [-0.39, 0.29) is 12.0 Å². The van der Waals surface area contributed by atoms with Crippen LogP contribution in [-0.2, 0) is 4.79 Å². The van der Waals surface area contributed by atoms with E-state index in [0.29, 0.717) is 5.75 Å². The van der Waals surface area contributed by atoms with Crippen LogP contribution in [0.15, 0.2) is 30.5 Å². The van der Waals surface area contributed by atoms with Gasteiger partial charge in [0.2, 0.25) is 0 Å². The van der Waals surface area contributed by atoms with Gasteiger partial charge < -0.3 is 9.30 Å². The summed E-state index contributed by atoms with van der Waals surface area (Å²) in [6.45, 7) is 7.63. The van der Waals surface area contributed by atoms with Crippen LogP contribution < -0.4 is 4.74 Å². The van der Waals surface area contributed by atoms with Gasteiger partial charge in [0.1, 0.15) is 16.9 Å². The van der Waals surface area contributed by atoms with Crippen LogP contribution in [0.4, 0.5) is 0 Å². The number of esters is 1. The van der Waals surface area contributed by atoms with E-state index >= 15 is 0 Å². The van der Waals surface area contributed by atoms with Crippen molar-refractivity contribution in [3.8, 4) is 5.75 Å². The fourth-order valence-electron chi connectivity index (χ4n) is 3.30. The zero-order valence-electron chi connectivity index (χ0n) is 14.8. The zero-order valence-corrected chi connectivity index (χ0v) is 14.8. The number of rotatable bonds is 3. The lowest BCUT2D eigenvalue weighted by molar-refractivity contribution is -0.131. The minimum atomic E-state index is -0.349. The topological polar surface area (TPSA) is 61.4 Å². The number of fused-ring (bicyclic) bond motifs is 5. The second-order valence-electron chi connectivity index (χ2n) is 6.37. The highest BCUT2D eigenvalue weighted by Gasteiger charge is 2.22. The van der Waals surface area contributed by atoms with Crippen molar-refractivity contribution in [3.63, 3.8) is 0 Å². The van der Waals surface area contributed by atoms with Gasteiger partial charge in [0.15, 0.2) is 11.4 Å². The molecule has 25 heavy (non-hydrogen) atoms. The van der Waals surface area contributed by atoms with E-state index in [1.54, 1.807) is 0 Å². The molecule has 0 N–H and O–H groups in total. The minimum Gasteiger partial charge on any atom is -0.424 e. The summed E-state index contributed by atoms with van der Waals surface area (Å²) in [5, 5.41) is 0.775. The Kier molecular flexibility index (Phi) is 3.49. The largest absolute Gasteiger partial charge is 0.424 e. The summed E-state index contributed by atoms with van der Waals surface area (Å²) in [5.74, 6) is 1.02. The number of para-hydroxylation sites is 2. The van der Waals surface area contributed by atoms with Gasteiger partial charge in [-0.25, -0.2) is 9.97 Å². The van der Waals surface area contributed by atoms with Gasteiger partial charge in [0.05, 0.1) is 11.0 Å². The van der Waals surface area contributed by atoms with Gasteiger partial charge in [-0.1, -0.05) is 19.1 Å². The standard InChI is InChI=1S/C19H20N4O2/c1-5-11(2)22-10-16(25-13(4)24)17-18(22)20-12(3)23-15-9-7-6-8-14(15)21-19(17)23/h6-11H,5H2,1-4H3/t11-/m1/s1. The third kappa shape index (κ3) is 2.28. The van der Waals surface area contributed by atoms with Crippen LogP contribution in [0, 0.1) is 6.92 Å². The maximum Gasteiger partial charge on any atom is 0.308 e. The molecule has 128 valence electrons. The molecule has 0 aliphatic carbocycles. The Balaban J connectivity index is 2.18. The van der Waals surface area contributed by atoms with Crippen LogP contribution in [0.1, 0.15) is 39.1 Å². The number of imidazole rings is 1. The van der Waals surface area contributed by atoms with E-state index < -0.39 is 0 Å². The molecule has 3 aromatic heterocycles. The predicted octanol–water partition coefficient (Wildman–Crippen LogP) is 4.04. The second-order valence-corrected chi connectivity index (χ2v) is 6.37. The lowest BCUT2D eigenvalue weighted by Crippen LogP contribution is -2.05. The summed E-state index contributed by atoms with van der Waals surface area (Å²) in [4.78, 5) is 21.2. The van der Waals surface area contributed by atoms with E-state index in [4.69, 9.17) is 14.7 Å². The molecular weight excluding hydrogens is 316 g/mol. The Labute approximate surface area is 145 Å². The molecule has 0 spiro atoms. The van der Waals surface area contributed by atoms with Crippen LogP contribution in [0.2, 0.25) is 0 Å². The molecule has 0 bridgehead atoms. The number of aryl methyl sites for hydroxylation is 1.